The van der Waals surface area contributed by atoms with Gasteiger partial charge in [-0.3, -0.25) is 0 Å². The zero-order valence-electron chi connectivity index (χ0n) is 11.4. The highest BCUT2D eigenvalue weighted by molar-refractivity contribution is 7.89. The molecule has 0 bridgehead atoms. The second-order valence-electron chi connectivity index (χ2n) is 4.88. The topological polar surface area (TPSA) is 72.6 Å². The number of hydrogen-bond donors (Lipinski definition) is 1. The van der Waals surface area contributed by atoms with E-state index in [2.05, 4.69) is 0 Å². The molecule has 1 fully saturated rings. The average molecular weight is 319 g/mol. The molecule has 7 heteroatoms. The molecule has 2 N–H and O–H groups in total. The summed E-state index contributed by atoms with van der Waals surface area (Å²) >= 11 is 5.87. The van der Waals surface area contributed by atoms with Gasteiger partial charge in [-0.05, 0) is 37.4 Å². The van der Waals surface area contributed by atoms with E-state index in [-0.39, 0.29) is 10.6 Å². The summed E-state index contributed by atoms with van der Waals surface area (Å²) in [6.45, 7) is 1.60. The SMILES string of the molecule is COc1cc(Cl)ccc1S(=O)(=O)N1CCC(CN)CC1. The van der Waals surface area contributed by atoms with Crippen molar-refractivity contribution < 1.29 is 13.2 Å². The van der Waals surface area contributed by atoms with Crippen molar-refractivity contribution in [1.82, 2.24) is 4.31 Å². The van der Waals surface area contributed by atoms with Gasteiger partial charge >= 0.3 is 0 Å². The highest BCUT2D eigenvalue weighted by atomic mass is 35.5. The maximum atomic E-state index is 12.6. The largest absolute Gasteiger partial charge is 0.495 e. The minimum atomic E-state index is -3.54. The first kappa shape index (κ1) is 15.6. The molecule has 1 heterocycles. The second kappa shape index (κ2) is 6.30. The molecule has 0 saturated carbocycles. The Labute approximate surface area is 124 Å². The molecule has 0 aliphatic carbocycles. The molecule has 1 aromatic carbocycles. The van der Waals surface area contributed by atoms with Crippen molar-refractivity contribution >= 4 is 21.6 Å². The van der Waals surface area contributed by atoms with Gasteiger partial charge in [-0.25, -0.2) is 8.42 Å². The minimum Gasteiger partial charge on any atom is -0.495 e. The monoisotopic (exact) mass is 318 g/mol. The number of hydrogen-bond acceptors (Lipinski definition) is 4. The Hall–Kier alpha value is -0.820. The van der Waals surface area contributed by atoms with Crippen LogP contribution >= 0.6 is 11.6 Å². The van der Waals surface area contributed by atoms with Gasteiger partial charge in [0.2, 0.25) is 10.0 Å². The fourth-order valence-corrected chi connectivity index (χ4v) is 4.15. The van der Waals surface area contributed by atoms with E-state index in [0.717, 1.165) is 12.8 Å². The molecular weight excluding hydrogens is 300 g/mol. The molecular formula is C13H19ClN2O3S. The molecule has 20 heavy (non-hydrogen) atoms. The fraction of sp³-hybridized carbons (Fsp3) is 0.538. The lowest BCUT2D eigenvalue weighted by atomic mass is 9.99. The van der Waals surface area contributed by atoms with Crippen LogP contribution in [0, 0.1) is 5.92 Å². The first-order chi connectivity index (χ1) is 9.48. The van der Waals surface area contributed by atoms with E-state index in [4.69, 9.17) is 22.1 Å². The summed E-state index contributed by atoms with van der Waals surface area (Å²) in [5, 5.41) is 0.447. The molecule has 0 amide bonds. The summed E-state index contributed by atoms with van der Waals surface area (Å²) in [4.78, 5) is 0.163. The first-order valence-electron chi connectivity index (χ1n) is 6.52. The molecule has 1 aromatic rings. The zero-order chi connectivity index (χ0) is 14.8. The molecule has 1 saturated heterocycles. The molecule has 0 unspecified atom stereocenters. The van der Waals surface area contributed by atoms with Gasteiger partial charge < -0.3 is 10.5 Å². The molecule has 1 aliphatic rings. The van der Waals surface area contributed by atoms with Crippen molar-refractivity contribution in [1.29, 1.82) is 0 Å². The predicted octanol–water partition coefficient (Wildman–Crippen LogP) is 1.71. The molecule has 5 nitrogen and oxygen atoms in total. The summed E-state index contributed by atoms with van der Waals surface area (Å²) in [5.41, 5.74) is 5.63. The Balaban J connectivity index is 2.27. The average Bonchev–Trinajstić information content (AvgIpc) is 2.46. The van der Waals surface area contributed by atoms with Gasteiger partial charge in [-0.2, -0.15) is 4.31 Å². The van der Waals surface area contributed by atoms with Crippen molar-refractivity contribution in [2.24, 2.45) is 11.7 Å². The number of rotatable bonds is 4. The van der Waals surface area contributed by atoms with Crippen molar-refractivity contribution in [2.45, 2.75) is 17.7 Å². The van der Waals surface area contributed by atoms with E-state index in [1.165, 1.54) is 23.5 Å². The van der Waals surface area contributed by atoms with Crippen LogP contribution in [0.3, 0.4) is 0 Å². The summed E-state index contributed by atoms with van der Waals surface area (Å²) in [6, 6.07) is 4.57. The van der Waals surface area contributed by atoms with Crippen LogP contribution in [-0.2, 0) is 10.0 Å². The normalized spacial score (nSPS) is 18.1. The Morgan fingerprint density at radius 3 is 2.60 bits per heavy atom. The van der Waals surface area contributed by atoms with Crippen molar-refractivity contribution in [3.63, 3.8) is 0 Å². The number of piperidine rings is 1. The summed E-state index contributed by atoms with van der Waals surface area (Å²) in [6.07, 6.45) is 1.59. The van der Waals surface area contributed by atoms with Crippen LogP contribution in [0.2, 0.25) is 5.02 Å². The molecule has 2 rings (SSSR count). The maximum absolute atomic E-state index is 12.6. The lowest BCUT2D eigenvalue weighted by Crippen LogP contribution is -2.40. The van der Waals surface area contributed by atoms with Crippen LogP contribution in [0.4, 0.5) is 0 Å². The summed E-state index contributed by atoms with van der Waals surface area (Å²) < 4.78 is 31.9. The van der Waals surface area contributed by atoms with E-state index in [0.29, 0.717) is 30.6 Å². The quantitative estimate of drug-likeness (QED) is 0.917. The van der Waals surface area contributed by atoms with Gasteiger partial charge in [0.25, 0.3) is 0 Å². The number of sulfonamides is 1. The smallest absolute Gasteiger partial charge is 0.246 e. The van der Waals surface area contributed by atoms with Gasteiger partial charge in [-0.15, -0.1) is 0 Å². The van der Waals surface area contributed by atoms with E-state index >= 15 is 0 Å². The molecule has 0 radical (unpaired) electrons. The van der Waals surface area contributed by atoms with Gasteiger partial charge in [-0.1, -0.05) is 11.6 Å². The van der Waals surface area contributed by atoms with Gasteiger partial charge in [0.05, 0.1) is 7.11 Å². The van der Waals surface area contributed by atoms with E-state index in [1.54, 1.807) is 6.07 Å². The third-order valence-corrected chi connectivity index (χ3v) is 5.82. The first-order valence-corrected chi connectivity index (χ1v) is 8.34. The van der Waals surface area contributed by atoms with Crippen LogP contribution in [0.5, 0.6) is 5.75 Å². The summed E-state index contributed by atoms with van der Waals surface area (Å²) in [7, 11) is -2.11. The third-order valence-electron chi connectivity index (χ3n) is 3.65. The Kier molecular flexibility index (Phi) is 4.90. The van der Waals surface area contributed by atoms with Crippen LogP contribution in [0.15, 0.2) is 23.1 Å². The van der Waals surface area contributed by atoms with Crippen LogP contribution in [-0.4, -0.2) is 39.5 Å². The minimum absolute atomic E-state index is 0.163. The number of ether oxygens (including phenoxy) is 1. The van der Waals surface area contributed by atoms with Crippen molar-refractivity contribution in [3.8, 4) is 5.75 Å². The molecule has 0 spiro atoms. The lowest BCUT2D eigenvalue weighted by molar-refractivity contribution is 0.277. The van der Waals surface area contributed by atoms with Crippen molar-refractivity contribution in [3.05, 3.63) is 23.2 Å². The second-order valence-corrected chi connectivity index (χ2v) is 7.22. The van der Waals surface area contributed by atoms with Gasteiger partial charge in [0, 0.05) is 24.2 Å². The van der Waals surface area contributed by atoms with Gasteiger partial charge in [0.15, 0.2) is 0 Å². The summed E-state index contributed by atoms with van der Waals surface area (Å²) in [5.74, 6) is 0.687. The Bertz CT molecular complexity index is 569. The molecule has 0 atom stereocenters. The third kappa shape index (κ3) is 3.09. The van der Waals surface area contributed by atoms with E-state index in [1.807, 2.05) is 0 Å². The Morgan fingerprint density at radius 1 is 1.40 bits per heavy atom. The maximum Gasteiger partial charge on any atom is 0.246 e. The standard InChI is InChI=1S/C13H19ClN2O3S/c1-19-12-8-11(14)2-3-13(12)20(17,18)16-6-4-10(9-15)5-7-16/h2-3,8,10H,4-7,9,15H2,1H3. The van der Waals surface area contributed by atoms with E-state index in [9.17, 15) is 8.42 Å². The number of benzene rings is 1. The number of halogens is 1. The van der Waals surface area contributed by atoms with Crippen LogP contribution < -0.4 is 10.5 Å². The van der Waals surface area contributed by atoms with Gasteiger partial charge in [0.1, 0.15) is 10.6 Å². The van der Waals surface area contributed by atoms with E-state index < -0.39 is 10.0 Å². The highest BCUT2D eigenvalue weighted by Gasteiger charge is 2.31. The molecule has 0 aromatic heterocycles. The van der Waals surface area contributed by atoms with Crippen LogP contribution in [0.1, 0.15) is 12.8 Å². The number of nitrogens with two attached hydrogens (primary N) is 1. The predicted molar refractivity (Wildman–Crippen MR) is 78.5 cm³/mol. The number of nitrogens with zero attached hydrogens (tertiary/aromatic N) is 1. The van der Waals surface area contributed by atoms with Crippen LogP contribution in [0.25, 0.3) is 0 Å². The highest BCUT2D eigenvalue weighted by Crippen LogP contribution is 2.31. The Morgan fingerprint density at radius 2 is 2.05 bits per heavy atom. The number of methoxy groups -OCH3 is 1. The molecule has 1 aliphatic heterocycles. The zero-order valence-corrected chi connectivity index (χ0v) is 13.0. The molecule has 112 valence electrons. The van der Waals surface area contributed by atoms with Crippen molar-refractivity contribution in [2.75, 3.05) is 26.7 Å². The fourth-order valence-electron chi connectivity index (χ4n) is 2.38. The lowest BCUT2D eigenvalue weighted by Gasteiger charge is -2.30.